The fraction of sp³-hybridized carbons (Fsp3) is 0.957. The van der Waals surface area contributed by atoms with Gasteiger partial charge in [0.2, 0.25) is 11.8 Å². The third kappa shape index (κ3) is 33.4. The van der Waals surface area contributed by atoms with Crippen LogP contribution in [0.15, 0.2) is 0 Å². The molecule has 0 aliphatic rings. The molecule has 0 aromatic carbocycles. The average Bonchev–Trinajstić information content (AvgIpc) is 3.13. The van der Waals surface area contributed by atoms with Crippen LogP contribution >= 0.6 is 0 Å². The molecule has 0 bridgehead atoms. The predicted octanol–water partition coefficient (Wildman–Crippen LogP) is 13.2. The van der Waals surface area contributed by atoms with Gasteiger partial charge in [-0.25, -0.2) is 0 Å². The number of methoxy groups -OCH3 is 1. The van der Waals surface area contributed by atoms with E-state index < -0.39 is 0 Å². The van der Waals surface area contributed by atoms with Crippen LogP contribution in [0.25, 0.3) is 0 Å². The molecule has 0 fully saturated rings. The standard InChI is InChI=1S/C46H92N2O4/c1-8-11-13-15-17-19-21-23-25-27-29-31-33-42(34-32-30-28-26-24-22-20-18-16-14-12-9-2)41-48-44(50)36-35-43(49)47-39-37-46(6,10-3)52-40-38-45(4,5)51-7/h42H,8-41H2,1-7H3,(H,47,49)(H,48,50). The number of hydrogen-bond donors (Lipinski definition) is 2. The molecule has 0 aromatic rings. The third-order valence-electron chi connectivity index (χ3n) is 11.5. The number of unbranched alkanes of at least 4 members (excludes halogenated alkanes) is 22. The van der Waals surface area contributed by atoms with Gasteiger partial charge in [-0.15, -0.1) is 0 Å². The molecule has 0 saturated carbocycles. The Morgan fingerprint density at radius 3 is 1.31 bits per heavy atom. The van der Waals surface area contributed by atoms with Crippen molar-refractivity contribution in [3.63, 3.8) is 0 Å². The van der Waals surface area contributed by atoms with Crippen molar-refractivity contribution < 1.29 is 19.1 Å². The molecule has 310 valence electrons. The Labute approximate surface area is 325 Å². The zero-order chi connectivity index (χ0) is 38.6. The third-order valence-corrected chi connectivity index (χ3v) is 11.5. The van der Waals surface area contributed by atoms with E-state index in [1.54, 1.807) is 7.11 Å². The van der Waals surface area contributed by atoms with Gasteiger partial charge >= 0.3 is 0 Å². The summed E-state index contributed by atoms with van der Waals surface area (Å²) in [7, 11) is 1.73. The number of rotatable bonds is 40. The molecule has 1 unspecified atom stereocenters. The molecule has 2 amide bonds. The summed E-state index contributed by atoms with van der Waals surface area (Å²) in [5.41, 5.74) is -0.493. The highest BCUT2D eigenvalue weighted by Crippen LogP contribution is 2.23. The predicted molar refractivity (Wildman–Crippen MR) is 225 cm³/mol. The summed E-state index contributed by atoms with van der Waals surface area (Å²) < 4.78 is 11.7. The lowest BCUT2D eigenvalue weighted by atomic mass is 9.93. The fourth-order valence-corrected chi connectivity index (χ4v) is 7.02. The minimum absolute atomic E-state index is 0.00651. The van der Waals surface area contributed by atoms with E-state index in [4.69, 9.17) is 9.47 Å². The van der Waals surface area contributed by atoms with Crippen LogP contribution in [0.5, 0.6) is 0 Å². The van der Waals surface area contributed by atoms with E-state index in [1.165, 1.54) is 167 Å². The molecule has 0 aliphatic carbocycles. The van der Waals surface area contributed by atoms with Crippen molar-refractivity contribution in [1.29, 1.82) is 0 Å². The van der Waals surface area contributed by atoms with Crippen molar-refractivity contribution in [2.75, 3.05) is 26.8 Å². The zero-order valence-electron chi connectivity index (χ0n) is 36.3. The highest BCUT2D eigenvalue weighted by atomic mass is 16.5. The molecule has 0 saturated heterocycles. The van der Waals surface area contributed by atoms with E-state index in [-0.39, 0.29) is 35.9 Å². The van der Waals surface area contributed by atoms with Crippen LogP contribution in [0, 0.1) is 5.92 Å². The highest BCUT2D eigenvalue weighted by molar-refractivity contribution is 5.83. The van der Waals surface area contributed by atoms with Crippen molar-refractivity contribution in [2.24, 2.45) is 5.92 Å². The first kappa shape index (κ1) is 50.9. The van der Waals surface area contributed by atoms with E-state index in [2.05, 4.69) is 52.2 Å². The lowest BCUT2D eigenvalue weighted by Crippen LogP contribution is -2.36. The van der Waals surface area contributed by atoms with Gasteiger partial charge in [0, 0.05) is 33.0 Å². The van der Waals surface area contributed by atoms with Crippen LogP contribution in [0.1, 0.15) is 241 Å². The second kappa shape index (κ2) is 35.6. The van der Waals surface area contributed by atoms with Crippen LogP contribution < -0.4 is 10.6 Å². The maximum atomic E-state index is 12.8. The Balaban J connectivity index is 4.42. The molecular weight excluding hydrogens is 645 g/mol. The van der Waals surface area contributed by atoms with E-state index in [1.807, 2.05) is 0 Å². The number of nitrogens with one attached hydrogen (secondary N) is 2. The Morgan fingerprint density at radius 2 is 0.923 bits per heavy atom. The Bertz CT molecular complexity index is 775. The number of carbonyl (C=O) groups excluding carboxylic acids is 2. The topological polar surface area (TPSA) is 76.7 Å². The second-order valence-corrected chi connectivity index (χ2v) is 17.0. The number of hydrogen-bond acceptors (Lipinski definition) is 4. The van der Waals surface area contributed by atoms with E-state index >= 15 is 0 Å². The SMILES string of the molecule is CCCCCCCCCCCCCCC(CCCCCCCCCCCCCC)CNC(=O)CCC(=O)NCCC(C)(CC)OCCC(C)(C)OC. The van der Waals surface area contributed by atoms with Crippen molar-refractivity contribution in [3.8, 4) is 0 Å². The van der Waals surface area contributed by atoms with E-state index in [0.29, 0.717) is 19.1 Å². The minimum atomic E-state index is -0.287. The van der Waals surface area contributed by atoms with E-state index in [9.17, 15) is 9.59 Å². The molecule has 52 heavy (non-hydrogen) atoms. The van der Waals surface area contributed by atoms with Gasteiger partial charge in [0.05, 0.1) is 17.8 Å². The molecule has 0 rings (SSSR count). The second-order valence-electron chi connectivity index (χ2n) is 17.0. The van der Waals surface area contributed by atoms with Crippen LogP contribution in [0.3, 0.4) is 0 Å². The average molecular weight is 737 g/mol. The van der Waals surface area contributed by atoms with Crippen molar-refractivity contribution >= 4 is 11.8 Å². The molecule has 6 heteroatoms. The maximum Gasteiger partial charge on any atom is 0.220 e. The van der Waals surface area contributed by atoms with Crippen LogP contribution in [0.2, 0.25) is 0 Å². The molecule has 2 N–H and O–H groups in total. The minimum Gasteiger partial charge on any atom is -0.379 e. The molecule has 1 atom stereocenters. The van der Waals surface area contributed by atoms with Crippen molar-refractivity contribution in [1.82, 2.24) is 10.6 Å². The normalized spacial score (nSPS) is 13.1. The number of ether oxygens (including phenoxy) is 2. The summed E-state index contributed by atoms with van der Waals surface area (Å²) in [5, 5.41) is 6.22. The molecule has 0 aromatic heterocycles. The summed E-state index contributed by atoms with van der Waals surface area (Å²) >= 11 is 0. The zero-order valence-corrected chi connectivity index (χ0v) is 36.3. The number of amides is 2. The van der Waals surface area contributed by atoms with Gasteiger partial charge in [0.1, 0.15) is 0 Å². The van der Waals surface area contributed by atoms with Gasteiger partial charge < -0.3 is 20.1 Å². The summed E-state index contributed by atoms with van der Waals surface area (Å²) in [6.07, 6.45) is 38.3. The van der Waals surface area contributed by atoms with Crippen molar-refractivity contribution in [2.45, 2.75) is 252 Å². The molecular formula is C46H92N2O4. The molecule has 0 heterocycles. The van der Waals surface area contributed by atoms with Crippen LogP contribution in [-0.2, 0) is 19.1 Å². The van der Waals surface area contributed by atoms with Gasteiger partial charge in [-0.2, -0.15) is 0 Å². The Morgan fingerprint density at radius 1 is 0.538 bits per heavy atom. The van der Waals surface area contributed by atoms with Gasteiger partial charge in [-0.05, 0) is 58.8 Å². The first-order valence-electron chi connectivity index (χ1n) is 22.8. The molecule has 0 aliphatic heterocycles. The van der Waals surface area contributed by atoms with Crippen LogP contribution in [0.4, 0.5) is 0 Å². The van der Waals surface area contributed by atoms with Gasteiger partial charge in [-0.3, -0.25) is 9.59 Å². The van der Waals surface area contributed by atoms with Gasteiger partial charge in [-0.1, -0.05) is 175 Å². The first-order valence-corrected chi connectivity index (χ1v) is 22.8. The van der Waals surface area contributed by atoms with E-state index in [0.717, 1.165) is 25.8 Å². The van der Waals surface area contributed by atoms with Gasteiger partial charge in [0.25, 0.3) is 0 Å². The largest absolute Gasteiger partial charge is 0.379 e. The van der Waals surface area contributed by atoms with Crippen molar-refractivity contribution in [3.05, 3.63) is 0 Å². The summed E-state index contributed by atoms with van der Waals surface area (Å²) in [6.45, 7) is 14.9. The number of carbonyl (C=O) groups is 2. The van der Waals surface area contributed by atoms with Gasteiger partial charge in [0.15, 0.2) is 0 Å². The Kier molecular flexibility index (Phi) is 34.8. The molecule has 6 nitrogen and oxygen atoms in total. The summed E-state index contributed by atoms with van der Waals surface area (Å²) in [4.78, 5) is 25.4. The highest BCUT2D eigenvalue weighted by Gasteiger charge is 2.25. The monoisotopic (exact) mass is 737 g/mol. The lowest BCUT2D eigenvalue weighted by Gasteiger charge is -2.31. The smallest absolute Gasteiger partial charge is 0.220 e. The summed E-state index contributed by atoms with van der Waals surface area (Å²) in [6, 6.07) is 0. The molecule has 0 radical (unpaired) electrons. The maximum absolute atomic E-state index is 12.8. The fourth-order valence-electron chi connectivity index (χ4n) is 7.02. The summed E-state index contributed by atoms with van der Waals surface area (Å²) in [5.74, 6) is 0.496. The lowest BCUT2D eigenvalue weighted by molar-refractivity contribution is -0.126. The van der Waals surface area contributed by atoms with Crippen LogP contribution in [-0.4, -0.2) is 49.8 Å². The molecule has 0 spiro atoms. The Hall–Kier alpha value is -1.14. The quantitative estimate of drug-likeness (QED) is 0.0614. The first-order chi connectivity index (χ1) is 25.1.